The van der Waals surface area contributed by atoms with Crippen LogP contribution in [-0.2, 0) is 4.79 Å². The van der Waals surface area contributed by atoms with Crippen molar-refractivity contribution in [2.75, 3.05) is 0 Å². The first-order valence-electron chi connectivity index (χ1n) is 4.25. The first-order chi connectivity index (χ1) is 7.25. The van der Waals surface area contributed by atoms with Gasteiger partial charge in [0.2, 0.25) is 0 Å². The number of carbonyl (C=O) groups is 1. The number of nitrogens with zero attached hydrogens (tertiary/aromatic N) is 2. The smallest absolute Gasteiger partial charge is 0.315 e. The number of aliphatic carboxylic acids is 1. The minimum absolute atomic E-state index is 0.175. The number of aromatic nitrogens is 3. The lowest BCUT2D eigenvalue weighted by Gasteiger charge is -1.89. The van der Waals surface area contributed by atoms with Crippen molar-refractivity contribution in [3.05, 3.63) is 24.2 Å². The van der Waals surface area contributed by atoms with Gasteiger partial charge >= 0.3 is 5.97 Å². The fraction of sp³-hybridized carbons (Fsp3) is 0.100. The second-order valence-electron chi connectivity index (χ2n) is 2.90. The predicted molar refractivity (Wildman–Crippen MR) is 53.0 cm³/mol. The molecule has 0 atom stereocenters. The maximum Gasteiger partial charge on any atom is 0.315 e. The third-order valence-electron chi connectivity index (χ3n) is 1.78. The number of hydrogen-bond acceptors (Lipinski definition) is 3. The number of rotatable bonds is 1. The number of aromatic amines is 1. The number of carboxylic acid groups (broad SMARTS) is 1. The second kappa shape index (κ2) is 3.80. The van der Waals surface area contributed by atoms with Crippen molar-refractivity contribution in [2.24, 2.45) is 0 Å². The van der Waals surface area contributed by atoms with E-state index < -0.39 is 5.97 Å². The molecule has 0 aromatic carbocycles. The molecule has 0 amide bonds. The van der Waals surface area contributed by atoms with Gasteiger partial charge in [-0.2, -0.15) is 5.10 Å². The minimum atomic E-state index is -0.938. The van der Waals surface area contributed by atoms with Gasteiger partial charge in [0.25, 0.3) is 0 Å². The number of nitrogens with one attached hydrogen (secondary N) is 1. The molecule has 0 radical (unpaired) electrons. The van der Waals surface area contributed by atoms with E-state index >= 15 is 0 Å². The molecular weight excluding hydrogens is 194 g/mol. The molecule has 2 rings (SSSR count). The van der Waals surface area contributed by atoms with Crippen LogP contribution in [0.1, 0.15) is 12.1 Å². The molecule has 5 nitrogen and oxygen atoms in total. The summed E-state index contributed by atoms with van der Waals surface area (Å²) in [6, 6.07) is 1.76. The number of hydrogen-bond donors (Lipinski definition) is 2. The fourth-order valence-electron chi connectivity index (χ4n) is 1.12. The van der Waals surface area contributed by atoms with Gasteiger partial charge in [0.15, 0.2) is 0 Å². The van der Waals surface area contributed by atoms with Crippen molar-refractivity contribution < 1.29 is 9.90 Å². The van der Waals surface area contributed by atoms with Crippen molar-refractivity contribution >= 4 is 16.9 Å². The topological polar surface area (TPSA) is 78.9 Å². The summed E-state index contributed by atoms with van der Waals surface area (Å²) in [7, 11) is 0. The summed E-state index contributed by atoms with van der Waals surface area (Å²) in [5.41, 5.74) is 1.38. The average molecular weight is 201 g/mol. The van der Waals surface area contributed by atoms with Crippen molar-refractivity contribution in [1.82, 2.24) is 15.2 Å². The van der Waals surface area contributed by atoms with E-state index in [9.17, 15) is 4.79 Å². The van der Waals surface area contributed by atoms with Crippen molar-refractivity contribution in [1.29, 1.82) is 0 Å². The normalized spacial score (nSPS) is 9.60. The van der Waals surface area contributed by atoms with Crippen LogP contribution in [0.15, 0.2) is 18.5 Å². The summed E-state index contributed by atoms with van der Waals surface area (Å²) >= 11 is 0. The Kier molecular flexibility index (Phi) is 2.33. The summed E-state index contributed by atoms with van der Waals surface area (Å²) < 4.78 is 0. The van der Waals surface area contributed by atoms with E-state index in [1.165, 1.54) is 0 Å². The highest BCUT2D eigenvalue weighted by Gasteiger charge is 1.96. The minimum Gasteiger partial charge on any atom is -0.481 e. The van der Waals surface area contributed by atoms with Crippen LogP contribution in [0.3, 0.4) is 0 Å². The number of pyridine rings is 1. The van der Waals surface area contributed by atoms with Crippen LogP contribution < -0.4 is 0 Å². The molecule has 0 saturated carbocycles. The average Bonchev–Trinajstić information content (AvgIpc) is 2.64. The molecule has 5 heteroatoms. The standard InChI is InChI=1S/C10H7N3O2/c14-10(15)3-1-2-8-4-7-5-12-13-9(7)6-11-8/h4-6H,3H2,(H,12,13)(H,14,15). The predicted octanol–water partition coefficient (Wildman–Crippen LogP) is 0.784. The van der Waals surface area contributed by atoms with Crippen LogP contribution in [0.2, 0.25) is 0 Å². The molecule has 0 aliphatic carbocycles. The Balaban J connectivity index is 2.27. The van der Waals surface area contributed by atoms with E-state index in [0.29, 0.717) is 5.69 Å². The van der Waals surface area contributed by atoms with E-state index in [1.807, 2.05) is 0 Å². The maximum absolute atomic E-state index is 10.2. The summed E-state index contributed by atoms with van der Waals surface area (Å²) in [4.78, 5) is 14.3. The van der Waals surface area contributed by atoms with Crippen LogP contribution in [0.25, 0.3) is 10.9 Å². The Bertz CT molecular complexity index is 563. The molecule has 0 spiro atoms. The Morgan fingerprint density at radius 3 is 3.20 bits per heavy atom. The third-order valence-corrected chi connectivity index (χ3v) is 1.78. The van der Waals surface area contributed by atoms with Gasteiger partial charge in [0.05, 0.1) is 17.9 Å². The Hall–Kier alpha value is -2.35. The molecule has 0 aliphatic rings. The first-order valence-corrected chi connectivity index (χ1v) is 4.25. The largest absolute Gasteiger partial charge is 0.481 e. The SMILES string of the molecule is O=C(O)CC#Cc1cc2cn[nH]c2cn1. The zero-order valence-corrected chi connectivity index (χ0v) is 7.69. The first kappa shape index (κ1) is 9.21. The quantitative estimate of drug-likeness (QED) is 0.668. The third kappa shape index (κ3) is 2.11. The molecule has 15 heavy (non-hydrogen) atoms. The lowest BCUT2D eigenvalue weighted by molar-refractivity contribution is -0.135. The zero-order chi connectivity index (χ0) is 10.7. The number of carboxylic acids is 1. The van der Waals surface area contributed by atoms with E-state index in [-0.39, 0.29) is 6.42 Å². The van der Waals surface area contributed by atoms with Crippen LogP contribution >= 0.6 is 0 Å². The Morgan fingerprint density at radius 2 is 2.40 bits per heavy atom. The van der Waals surface area contributed by atoms with Gasteiger partial charge in [-0.15, -0.1) is 0 Å². The molecular formula is C10H7N3O2. The van der Waals surface area contributed by atoms with Gasteiger partial charge in [0, 0.05) is 5.39 Å². The van der Waals surface area contributed by atoms with E-state index in [1.54, 1.807) is 18.5 Å². The molecule has 0 bridgehead atoms. The van der Waals surface area contributed by atoms with Crippen LogP contribution in [0, 0.1) is 11.8 Å². The number of fused-ring (bicyclic) bond motifs is 1. The summed E-state index contributed by atoms with van der Waals surface area (Å²) in [5, 5.41) is 15.9. The zero-order valence-electron chi connectivity index (χ0n) is 7.69. The molecule has 2 N–H and O–H groups in total. The van der Waals surface area contributed by atoms with Crippen LogP contribution in [-0.4, -0.2) is 26.3 Å². The summed E-state index contributed by atoms with van der Waals surface area (Å²) in [5.74, 6) is 4.25. The van der Waals surface area contributed by atoms with Crippen molar-refractivity contribution in [3.8, 4) is 11.8 Å². The Labute approximate surface area is 85.1 Å². The summed E-state index contributed by atoms with van der Waals surface area (Å²) in [6.07, 6.45) is 3.11. The molecule has 2 aromatic heterocycles. The van der Waals surface area contributed by atoms with Gasteiger partial charge in [-0.25, -0.2) is 4.98 Å². The molecule has 2 heterocycles. The van der Waals surface area contributed by atoms with Gasteiger partial charge in [-0.05, 0) is 12.0 Å². The van der Waals surface area contributed by atoms with Crippen LogP contribution in [0.5, 0.6) is 0 Å². The highest BCUT2D eigenvalue weighted by atomic mass is 16.4. The van der Waals surface area contributed by atoms with E-state index in [2.05, 4.69) is 27.0 Å². The van der Waals surface area contributed by atoms with Gasteiger partial charge in [-0.1, -0.05) is 5.92 Å². The fourth-order valence-corrected chi connectivity index (χ4v) is 1.12. The highest BCUT2D eigenvalue weighted by Crippen LogP contribution is 2.08. The van der Waals surface area contributed by atoms with Crippen molar-refractivity contribution in [2.45, 2.75) is 6.42 Å². The summed E-state index contributed by atoms with van der Waals surface area (Å²) in [6.45, 7) is 0. The molecule has 0 aliphatic heterocycles. The van der Waals surface area contributed by atoms with E-state index in [0.717, 1.165) is 10.9 Å². The maximum atomic E-state index is 10.2. The van der Waals surface area contributed by atoms with Crippen LogP contribution in [0.4, 0.5) is 0 Å². The second-order valence-corrected chi connectivity index (χ2v) is 2.90. The molecule has 0 fully saturated rings. The van der Waals surface area contributed by atoms with Crippen molar-refractivity contribution in [3.63, 3.8) is 0 Å². The van der Waals surface area contributed by atoms with Gasteiger partial charge in [-0.3, -0.25) is 9.89 Å². The van der Waals surface area contributed by atoms with Gasteiger partial charge in [0.1, 0.15) is 12.1 Å². The molecule has 2 aromatic rings. The lowest BCUT2D eigenvalue weighted by atomic mass is 10.2. The monoisotopic (exact) mass is 201 g/mol. The van der Waals surface area contributed by atoms with Gasteiger partial charge < -0.3 is 5.11 Å². The molecule has 0 unspecified atom stereocenters. The molecule has 0 saturated heterocycles. The Morgan fingerprint density at radius 1 is 1.53 bits per heavy atom. The number of H-pyrrole nitrogens is 1. The van der Waals surface area contributed by atoms with E-state index in [4.69, 9.17) is 5.11 Å². The lowest BCUT2D eigenvalue weighted by Crippen LogP contribution is -1.90. The molecule has 74 valence electrons. The highest BCUT2D eigenvalue weighted by molar-refractivity contribution is 5.78.